The molecule has 244 valence electrons. The van der Waals surface area contributed by atoms with Crippen molar-refractivity contribution in [2.24, 2.45) is 0 Å². The minimum absolute atomic E-state index is 0.0299. The standard InChI is InChI=1S/C43H72/c1-27(25-28-23-24-29(37(2,3)4)36(43(20,21)22)33(28)40(11,12)13)32-34(41(14,15)16)30(38(5,6)7)26-31(39(8,9)10)35(32)42(17,18)19/h23-24,26-27H,25H2,1-22H3. The summed E-state index contributed by atoms with van der Waals surface area (Å²) in [4.78, 5) is 0. The minimum atomic E-state index is 0.0299. The minimum Gasteiger partial charge on any atom is -0.0584 e. The highest BCUT2D eigenvalue weighted by Crippen LogP contribution is 2.50. The summed E-state index contributed by atoms with van der Waals surface area (Å²) in [6.07, 6.45) is 1.05. The van der Waals surface area contributed by atoms with Gasteiger partial charge in [-0.3, -0.25) is 0 Å². The number of hydrogen-bond acceptors (Lipinski definition) is 0. The Morgan fingerprint density at radius 1 is 0.395 bits per heavy atom. The normalized spacial score (nSPS) is 15.2. The van der Waals surface area contributed by atoms with E-state index in [1.807, 2.05) is 0 Å². The average Bonchev–Trinajstić information content (AvgIpc) is 2.72. The van der Waals surface area contributed by atoms with Gasteiger partial charge in [0.1, 0.15) is 0 Å². The lowest BCUT2D eigenvalue weighted by atomic mass is 9.62. The van der Waals surface area contributed by atoms with Crippen molar-refractivity contribution < 1.29 is 0 Å². The predicted octanol–water partition coefficient (Wildman–Crippen LogP) is 13.1. The summed E-state index contributed by atoms with van der Waals surface area (Å²) in [5.41, 5.74) is 14.3. The van der Waals surface area contributed by atoms with Crippen molar-refractivity contribution in [3.8, 4) is 0 Å². The maximum Gasteiger partial charge on any atom is -0.0126 e. The van der Waals surface area contributed by atoms with Gasteiger partial charge in [-0.25, -0.2) is 0 Å². The van der Waals surface area contributed by atoms with E-state index in [1.54, 1.807) is 27.8 Å². The van der Waals surface area contributed by atoms with Crippen molar-refractivity contribution in [2.75, 3.05) is 0 Å². The quantitative estimate of drug-likeness (QED) is 0.334. The molecule has 0 aliphatic heterocycles. The number of rotatable bonds is 3. The Bertz CT molecular complexity index is 1240. The molecule has 0 saturated heterocycles. The molecule has 43 heavy (non-hydrogen) atoms. The van der Waals surface area contributed by atoms with Crippen LogP contribution in [0.2, 0.25) is 0 Å². The summed E-state index contributed by atoms with van der Waals surface area (Å²) in [5.74, 6) is 0.376. The third kappa shape index (κ3) is 8.19. The van der Waals surface area contributed by atoms with Crippen molar-refractivity contribution in [1.29, 1.82) is 0 Å². The van der Waals surface area contributed by atoms with Crippen molar-refractivity contribution in [2.45, 2.75) is 203 Å². The predicted molar refractivity (Wildman–Crippen MR) is 196 cm³/mol. The molecule has 0 aromatic heterocycles. The second kappa shape index (κ2) is 11.4. The van der Waals surface area contributed by atoms with Gasteiger partial charge in [-0.15, -0.1) is 0 Å². The second-order valence-electron chi connectivity index (χ2n) is 21.0. The maximum atomic E-state index is 2.60. The summed E-state index contributed by atoms with van der Waals surface area (Å²) in [5, 5.41) is 0. The van der Waals surface area contributed by atoms with Gasteiger partial charge in [0.25, 0.3) is 0 Å². The molecular weight excluding hydrogens is 516 g/mol. The highest BCUT2D eigenvalue weighted by molar-refractivity contribution is 5.58. The highest BCUT2D eigenvalue weighted by atomic mass is 14.4. The van der Waals surface area contributed by atoms with Gasteiger partial charge in [-0.05, 0) is 100 Å². The molecule has 0 fully saturated rings. The van der Waals surface area contributed by atoms with Crippen LogP contribution in [0.4, 0.5) is 0 Å². The van der Waals surface area contributed by atoms with Crippen LogP contribution in [0.1, 0.15) is 208 Å². The Balaban J connectivity index is 3.19. The molecule has 0 bridgehead atoms. The van der Waals surface area contributed by atoms with E-state index in [9.17, 15) is 0 Å². The first kappa shape index (κ1) is 37.6. The second-order valence-corrected chi connectivity index (χ2v) is 21.0. The van der Waals surface area contributed by atoms with Crippen LogP contribution in [0.15, 0.2) is 18.2 Å². The van der Waals surface area contributed by atoms with Crippen LogP contribution in [0, 0.1) is 0 Å². The van der Waals surface area contributed by atoms with Gasteiger partial charge in [0.05, 0.1) is 0 Å². The van der Waals surface area contributed by atoms with Crippen LogP contribution in [-0.4, -0.2) is 0 Å². The van der Waals surface area contributed by atoms with Gasteiger partial charge in [0, 0.05) is 0 Å². The largest absolute Gasteiger partial charge is 0.0584 e. The van der Waals surface area contributed by atoms with Crippen LogP contribution in [0.5, 0.6) is 0 Å². The van der Waals surface area contributed by atoms with Gasteiger partial charge in [-0.2, -0.15) is 0 Å². The van der Waals surface area contributed by atoms with E-state index in [0.717, 1.165) is 6.42 Å². The molecule has 0 aliphatic carbocycles. The summed E-state index contributed by atoms with van der Waals surface area (Å²) < 4.78 is 0. The summed E-state index contributed by atoms with van der Waals surface area (Å²) in [7, 11) is 0. The Morgan fingerprint density at radius 3 is 1.00 bits per heavy atom. The van der Waals surface area contributed by atoms with E-state index < -0.39 is 0 Å². The zero-order valence-electron chi connectivity index (χ0n) is 33.0. The van der Waals surface area contributed by atoms with Crippen molar-refractivity contribution >= 4 is 0 Å². The fourth-order valence-electron chi connectivity index (χ4n) is 7.50. The molecule has 0 N–H and O–H groups in total. The average molecular weight is 589 g/mol. The Hall–Kier alpha value is -1.56. The Morgan fingerprint density at radius 2 is 0.721 bits per heavy atom. The molecular formula is C43H72. The molecule has 0 radical (unpaired) electrons. The van der Waals surface area contributed by atoms with Gasteiger partial charge in [0.2, 0.25) is 0 Å². The van der Waals surface area contributed by atoms with Gasteiger partial charge < -0.3 is 0 Å². The lowest BCUT2D eigenvalue weighted by Crippen LogP contribution is -2.33. The fraction of sp³-hybridized carbons (Fsp3) is 0.721. The molecule has 0 aliphatic rings. The molecule has 2 rings (SSSR count). The van der Waals surface area contributed by atoms with Crippen LogP contribution < -0.4 is 0 Å². The molecule has 2 aromatic rings. The molecule has 0 saturated carbocycles. The highest BCUT2D eigenvalue weighted by Gasteiger charge is 2.39. The number of benzene rings is 2. The third-order valence-corrected chi connectivity index (χ3v) is 9.10. The SMILES string of the molecule is CC(Cc1ccc(C(C)(C)C)c(C(C)(C)C)c1C(C)(C)C)c1c(C(C)(C)C)c(C(C)(C)C)cc(C(C)(C)C)c1C(C)(C)C. The van der Waals surface area contributed by atoms with E-state index in [-0.39, 0.29) is 37.9 Å². The molecule has 0 spiro atoms. The smallest absolute Gasteiger partial charge is 0.0126 e. The first-order chi connectivity index (χ1) is 18.7. The van der Waals surface area contributed by atoms with E-state index in [1.165, 1.54) is 22.3 Å². The molecule has 0 heterocycles. The zero-order valence-corrected chi connectivity index (χ0v) is 33.0. The molecule has 0 heteroatoms. The van der Waals surface area contributed by atoms with Crippen LogP contribution >= 0.6 is 0 Å². The van der Waals surface area contributed by atoms with Crippen molar-refractivity contribution in [1.82, 2.24) is 0 Å². The molecule has 1 atom stereocenters. The number of hydrogen-bond donors (Lipinski definition) is 0. The lowest BCUT2D eigenvalue weighted by molar-refractivity contribution is 0.479. The Kier molecular flexibility index (Phi) is 9.93. The van der Waals surface area contributed by atoms with Crippen molar-refractivity contribution in [3.05, 3.63) is 68.3 Å². The van der Waals surface area contributed by atoms with Gasteiger partial charge in [0.15, 0.2) is 0 Å². The fourth-order valence-corrected chi connectivity index (χ4v) is 7.50. The maximum absolute atomic E-state index is 2.60. The third-order valence-electron chi connectivity index (χ3n) is 9.10. The summed E-state index contributed by atoms with van der Waals surface area (Å²) in [6, 6.07) is 7.58. The van der Waals surface area contributed by atoms with E-state index >= 15 is 0 Å². The Labute approximate surface area is 270 Å². The van der Waals surface area contributed by atoms with Crippen LogP contribution in [-0.2, 0) is 44.3 Å². The van der Waals surface area contributed by atoms with Gasteiger partial charge >= 0.3 is 0 Å². The first-order valence-electron chi connectivity index (χ1n) is 17.1. The van der Waals surface area contributed by atoms with Crippen LogP contribution in [0.25, 0.3) is 0 Å². The van der Waals surface area contributed by atoms with E-state index in [4.69, 9.17) is 0 Å². The van der Waals surface area contributed by atoms with Gasteiger partial charge in [-0.1, -0.05) is 171 Å². The zero-order chi connectivity index (χ0) is 34.1. The molecule has 0 amide bonds. The summed E-state index contributed by atoms with van der Waals surface area (Å²) >= 11 is 0. The molecule has 1 unspecified atom stereocenters. The van der Waals surface area contributed by atoms with Crippen LogP contribution in [0.3, 0.4) is 0 Å². The van der Waals surface area contributed by atoms with Crippen molar-refractivity contribution in [3.63, 3.8) is 0 Å². The van der Waals surface area contributed by atoms with E-state index in [2.05, 4.69) is 171 Å². The first-order valence-corrected chi connectivity index (χ1v) is 17.1. The molecule has 2 aromatic carbocycles. The topological polar surface area (TPSA) is 0 Å². The monoisotopic (exact) mass is 589 g/mol. The summed E-state index contributed by atoms with van der Waals surface area (Å²) in [6.45, 7) is 53.3. The lowest BCUT2D eigenvalue weighted by Gasteiger charge is -2.42. The van der Waals surface area contributed by atoms with E-state index in [0.29, 0.717) is 5.92 Å². The molecule has 0 nitrogen and oxygen atoms in total.